The van der Waals surface area contributed by atoms with Gasteiger partial charge in [0.25, 0.3) is 5.91 Å². The first kappa shape index (κ1) is 16.8. The quantitative estimate of drug-likeness (QED) is 0.733. The molecule has 4 nitrogen and oxygen atoms in total. The lowest BCUT2D eigenvalue weighted by atomic mass is 10.1. The maximum absolute atomic E-state index is 12.8. The molecule has 2 aromatic carbocycles. The summed E-state index contributed by atoms with van der Waals surface area (Å²) in [6.45, 7) is 4.00. The zero-order valence-electron chi connectivity index (χ0n) is 13.9. The van der Waals surface area contributed by atoms with Crippen molar-refractivity contribution in [2.45, 2.75) is 13.8 Å². The van der Waals surface area contributed by atoms with E-state index in [1.807, 2.05) is 38.1 Å². The van der Waals surface area contributed by atoms with E-state index in [0.717, 1.165) is 16.8 Å². The minimum absolute atomic E-state index is 0.281. The Hall–Kier alpha value is -3.03. The van der Waals surface area contributed by atoms with Gasteiger partial charge in [-0.25, -0.2) is 0 Å². The van der Waals surface area contributed by atoms with Crippen LogP contribution in [0.2, 0.25) is 5.02 Å². The van der Waals surface area contributed by atoms with Gasteiger partial charge >= 0.3 is 0 Å². The molecule has 0 unspecified atom stereocenters. The molecule has 0 saturated heterocycles. The molecule has 1 N–H and O–H groups in total. The molecule has 0 aliphatic rings. The predicted octanol–water partition coefficient (Wildman–Crippen LogP) is 4.87. The third kappa shape index (κ3) is 3.42. The minimum Gasteiger partial charge on any atom is -0.321 e. The summed E-state index contributed by atoms with van der Waals surface area (Å²) < 4.78 is 1.67. The third-order valence-corrected chi connectivity index (χ3v) is 4.31. The molecule has 0 saturated carbocycles. The van der Waals surface area contributed by atoms with Gasteiger partial charge in [-0.2, -0.15) is 5.26 Å². The fourth-order valence-electron chi connectivity index (χ4n) is 2.60. The smallest absolute Gasteiger partial charge is 0.274 e. The lowest BCUT2D eigenvalue weighted by Gasteiger charge is -2.12. The van der Waals surface area contributed by atoms with E-state index in [2.05, 4.69) is 11.4 Å². The van der Waals surface area contributed by atoms with Gasteiger partial charge in [0, 0.05) is 22.6 Å². The highest BCUT2D eigenvalue weighted by Gasteiger charge is 2.18. The number of carbonyl (C=O) groups excluding carboxylic acids is 1. The van der Waals surface area contributed by atoms with Crippen molar-refractivity contribution in [2.75, 3.05) is 5.32 Å². The van der Waals surface area contributed by atoms with Crippen molar-refractivity contribution >= 4 is 23.2 Å². The standard InChI is InChI=1S/C20H16ClN3O/c1-13-6-7-17(10-14(13)2)23-20(25)19-15(12-22)8-9-24(19)18-5-3-4-16(21)11-18/h3-11H,1-2H3,(H,23,25). The van der Waals surface area contributed by atoms with Gasteiger partial charge in [-0.3, -0.25) is 4.79 Å². The number of halogens is 1. The Kier molecular flexibility index (Phi) is 4.60. The van der Waals surface area contributed by atoms with Crippen molar-refractivity contribution in [1.82, 2.24) is 4.57 Å². The molecule has 1 amide bonds. The molecule has 0 bridgehead atoms. The fourth-order valence-corrected chi connectivity index (χ4v) is 2.79. The predicted molar refractivity (Wildman–Crippen MR) is 99.4 cm³/mol. The van der Waals surface area contributed by atoms with Crippen LogP contribution >= 0.6 is 11.6 Å². The molecule has 0 aliphatic carbocycles. The summed E-state index contributed by atoms with van der Waals surface area (Å²) in [6.07, 6.45) is 1.69. The van der Waals surface area contributed by atoms with Crippen molar-refractivity contribution in [3.63, 3.8) is 0 Å². The van der Waals surface area contributed by atoms with Crippen LogP contribution in [0.25, 0.3) is 5.69 Å². The summed E-state index contributed by atoms with van der Waals surface area (Å²) in [5.41, 5.74) is 4.24. The SMILES string of the molecule is Cc1ccc(NC(=O)c2c(C#N)ccn2-c2cccc(Cl)c2)cc1C. The first-order valence-corrected chi connectivity index (χ1v) is 8.13. The molecular weight excluding hydrogens is 334 g/mol. The van der Waals surface area contributed by atoms with E-state index < -0.39 is 0 Å². The van der Waals surface area contributed by atoms with Crippen LogP contribution in [0.15, 0.2) is 54.7 Å². The highest BCUT2D eigenvalue weighted by atomic mass is 35.5. The molecular formula is C20H16ClN3O. The van der Waals surface area contributed by atoms with Gasteiger partial charge in [0.2, 0.25) is 0 Å². The van der Waals surface area contributed by atoms with E-state index in [-0.39, 0.29) is 11.6 Å². The Morgan fingerprint density at radius 3 is 2.60 bits per heavy atom. The first-order chi connectivity index (χ1) is 12.0. The van der Waals surface area contributed by atoms with Crippen molar-refractivity contribution in [1.29, 1.82) is 5.26 Å². The number of aryl methyl sites for hydroxylation is 2. The number of amides is 1. The first-order valence-electron chi connectivity index (χ1n) is 7.75. The van der Waals surface area contributed by atoms with Crippen LogP contribution in [-0.2, 0) is 0 Å². The maximum Gasteiger partial charge on any atom is 0.274 e. The number of hydrogen-bond donors (Lipinski definition) is 1. The maximum atomic E-state index is 12.8. The van der Waals surface area contributed by atoms with Crippen LogP contribution in [-0.4, -0.2) is 10.5 Å². The Morgan fingerprint density at radius 1 is 1.12 bits per heavy atom. The summed E-state index contributed by atoms with van der Waals surface area (Å²) in [5.74, 6) is -0.343. The van der Waals surface area contributed by atoms with Crippen molar-refractivity contribution in [3.8, 4) is 11.8 Å². The van der Waals surface area contributed by atoms with E-state index in [1.54, 1.807) is 35.0 Å². The normalized spacial score (nSPS) is 10.3. The van der Waals surface area contributed by atoms with Crippen molar-refractivity contribution in [3.05, 3.63) is 82.1 Å². The molecule has 0 atom stereocenters. The van der Waals surface area contributed by atoms with Crippen LogP contribution in [0.4, 0.5) is 5.69 Å². The molecule has 3 rings (SSSR count). The summed E-state index contributed by atoms with van der Waals surface area (Å²) in [4.78, 5) is 12.8. The van der Waals surface area contributed by atoms with Gasteiger partial charge in [-0.15, -0.1) is 0 Å². The summed E-state index contributed by atoms with van der Waals surface area (Å²) >= 11 is 6.05. The average molecular weight is 350 g/mol. The van der Waals surface area contributed by atoms with Gasteiger partial charge in [-0.05, 0) is 61.4 Å². The molecule has 0 spiro atoms. The molecule has 0 radical (unpaired) electrons. The minimum atomic E-state index is -0.343. The van der Waals surface area contributed by atoms with Crippen molar-refractivity contribution < 1.29 is 4.79 Å². The zero-order chi connectivity index (χ0) is 18.0. The number of nitrogens with zero attached hydrogens (tertiary/aromatic N) is 2. The Morgan fingerprint density at radius 2 is 1.92 bits per heavy atom. The highest BCUT2D eigenvalue weighted by molar-refractivity contribution is 6.30. The number of nitrogens with one attached hydrogen (secondary N) is 1. The van der Waals surface area contributed by atoms with E-state index >= 15 is 0 Å². The van der Waals surface area contributed by atoms with Gasteiger partial charge < -0.3 is 9.88 Å². The molecule has 25 heavy (non-hydrogen) atoms. The van der Waals surface area contributed by atoms with Crippen LogP contribution in [0.1, 0.15) is 27.2 Å². The lowest BCUT2D eigenvalue weighted by Crippen LogP contribution is -2.17. The Balaban J connectivity index is 2.01. The van der Waals surface area contributed by atoms with Crippen LogP contribution in [0, 0.1) is 25.2 Å². The molecule has 3 aromatic rings. The zero-order valence-corrected chi connectivity index (χ0v) is 14.6. The molecule has 1 heterocycles. The summed E-state index contributed by atoms with van der Waals surface area (Å²) in [6, 6.07) is 16.5. The number of rotatable bonds is 3. The van der Waals surface area contributed by atoms with E-state index in [1.165, 1.54) is 0 Å². The number of hydrogen-bond acceptors (Lipinski definition) is 2. The van der Waals surface area contributed by atoms with E-state index in [9.17, 15) is 10.1 Å². The molecule has 1 aromatic heterocycles. The van der Waals surface area contributed by atoms with Gasteiger partial charge in [0.05, 0.1) is 5.56 Å². The monoisotopic (exact) mass is 349 g/mol. The number of carbonyl (C=O) groups is 1. The van der Waals surface area contributed by atoms with E-state index in [4.69, 9.17) is 11.6 Å². The van der Waals surface area contributed by atoms with Crippen molar-refractivity contribution in [2.24, 2.45) is 0 Å². The Labute approximate surface area is 151 Å². The molecule has 0 fully saturated rings. The molecule has 0 aliphatic heterocycles. The fraction of sp³-hybridized carbons (Fsp3) is 0.100. The third-order valence-electron chi connectivity index (χ3n) is 4.07. The van der Waals surface area contributed by atoms with Crippen LogP contribution in [0.5, 0.6) is 0 Å². The molecule has 124 valence electrons. The average Bonchev–Trinajstić information content (AvgIpc) is 3.02. The van der Waals surface area contributed by atoms with Gasteiger partial charge in [0.15, 0.2) is 0 Å². The Bertz CT molecular complexity index is 998. The van der Waals surface area contributed by atoms with Crippen LogP contribution in [0.3, 0.4) is 0 Å². The second-order valence-corrected chi connectivity index (χ2v) is 6.23. The number of benzene rings is 2. The highest BCUT2D eigenvalue weighted by Crippen LogP contribution is 2.22. The van der Waals surface area contributed by atoms with Crippen LogP contribution < -0.4 is 5.32 Å². The van der Waals surface area contributed by atoms with E-state index in [0.29, 0.717) is 16.3 Å². The number of aromatic nitrogens is 1. The number of anilines is 1. The van der Waals surface area contributed by atoms with Gasteiger partial charge in [-0.1, -0.05) is 23.7 Å². The second kappa shape index (κ2) is 6.84. The van der Waals surface area contributed by atoms with Gasteiger partial charge in [0.1, 0.15) is 11.8 Å². The second-order valence-electron chi connectivity index (χ2n) is 5.79. The molecule has 5 heteroatoms. The largest absolute Gasteiger partial charge is 0.321 e. The summed E-state index contributed by atoms with van der Waals surface area (Å²) in [5, 5.41) is 12.8. The summed E-state index contributed by atoms with van der Waals surface area (Å²) in [7, 11) is 0. The topological polar surface area (TPSA) is 57.8 Å². The lowest BCUT2D eigenvalue weighted by molar-refractivity contribution is 0.102. The number of nitriles is 1.